The lowest BCUT2D eigenvalue weighted by Crippen LogP contribution is -2.23. The lowest BCUT2D eigenvalue weighted by atomic mass is 10.1. The normalized spacial score (nSPS) is 16.4. The molecule has 0 fully saturated rings. The number of nitrogens with zero attached hydrogens (tertiary/aromatic N) is 1. The van der Waals surface area contributed by atoms with E-state index >= 15 is 0 Å². The number of nitrogens with two attached hydrogens (primary N) is 1. The molecule has 0 saturated carbocycles. The fraction of sp³-hybridized carbons (Fsp3) is 0.231. The summed E-state index contributed by atoms with van der Waals surface area (Å²) >= 11 is 6.02. The van der Waals surface area contributed by atoms with E-state index in [0.717, 1.165) is 6.42 Å². The Labute approximate surface area is 120 Å². The number of nitrogens with one attached hydrogen (secondary N) is 1. The van der Waals surface area contributed by atoms with Gasteiger partial charge in [0.05, 0.1) is 18.4 Å². The fourth-order valence-electron chi connectivity index (χ4n) is 2.24. The zero-order valence-electron chi connectivity index (χ0n) is 10.7. The van der Waals surface area contributed by atoms with Gasteiger partial charge < -0.3 is 20.5 Å². The van der Waals surface area contributed by atoms with Crippen LogP contribution in [0, 0.1) is 0 Å². The number of fused-ring (bicyclic) bond motifs is 1. The summed E-state index contributed by atoms with van der Waals surface area (Å²) in [7, 11) is 1.58. The summed E-state index contributed by atoms with van der Waals surface area (Å²) in [5.74, 6) is 1.09. The molecule has 1 aliphatic heterocycles. The highest BCUT2D eigenvalue weighted by atomic mass is 35.5. The van der Waals surface area contributed by atoms with Gasteiger partial charge in [-0.2, -0.15) is 0 Å². The van der Waals surface area contributed by atoms with E-state index in [1.165, 1.54) is 6.20 Å². The second-order valence-corrected chi connectivity index (χ2v) is 4.73. The summed E-state index contributed by atoms with van der Waals surface area (Å²) < 4.78 is 11.1. The number of carbonyl (C=O) groups excluding carboxylic acids is 1. The third-order valence-corrected chi connectivity index (χ3v) is 3.45. The maximum absolute atomic E-state index is 11.5. The minimum Gasteiger partial charge on any atom is -0.495 e. The number of allylic oxidation sites excluding steroid dienone is 2. The number of amides is 1. The fourth-order valence-corrected chi connectivity index (χ4v) is 2.42. The van der Waals surface area contributed by atoms with Gasteiger partial charge in [-0.05, 0) is 12.5 Å². The highest BCUT2D eigenvalue weighted by Crippen LogP contribution is 2.43. The zero-order chi connectivity index (χ0) is 14.3. The first-order valence-electron chi connectivity index (χ1n) is 6.02. The summed E-state index contributed by atoms with van der Waals surface area (Å²) in [5, 5.41) is 3.31. The number of hydrogen-bond acceptors (Lipinski definition) is 5. The Kier molecular flexibility index (Phi) is 3.02. The van der Waals surface area contributed by atoms with Crippen LogP contribution in [0.3, 0.4) is 0 Å². The van der Waals surface area contributed by atoms with Crippen LogP contribution in [0.5, 0.6) is 5.75 Å². The smallest absolute Gasteiger partial charge is 0.252 e. The summed E-state index contributed by atoms with van der Waals surface area (Å²) in [6, 6.07) is 0. The third kappa shape index (κ3) is 1.89. The first-order valence-corrected chi connectivity index (χ1v) is 6.40. The Bertz CT molecular complexity index is 667. The lowest BCUT2D eigenvalue weighted by molar-refractivity contribution is 0.100. The number of halogens is 1. The molecule has 104 valence electrons. The molecule has 20 heavy (non-hydrogen) atoms. The SMILES string of the molecule is COC1=CCCC2=C1Nc1c(C(N)=O)cnc(Cl)c1O2. The highest BCUT2D eigenvalue weighted by Gasteiger charge is 2.30. The average Bonchev–Trinajstić information content (AvgIpc) is 2.45. The molecule has 2 aliphatic rings. The van der Waals surface area contributed by atoms with Gasteiger partial charge in [0.15, 0.2) is 10.9 Å². The number of ether oxygens (including phenoxy) is 2. The summed E-state index contributed by atoms with van der Waals surface area (Å²) in [6.07, 6.45) is 4.79. The molecule has 1 aromatic heterocycles. The van der Waals surface area contributed by atoms with Gasteiger partial charge in [-0.3, -0.25) is 4.79 Å². The van der Waals surface area contributed by atoms with Crippen LogP contribution >= 0.6 is 11.6 Å². The van der Waals surface area contributed by atoms with Crippen LogP contribution in [0.4, 0.5) is 5.69 Å². The molecular weight excluding hydrogens is 282 g/mol. The molecule has 0 atom stereocenters. The van der Waals surface area contributed by atoms with Crippen LogP contribution in [0.1, 0.15) is 23.2 Å². The highest BCUT2D eigenvalue weighted by molar-refractivity contribution is 6.31. The topological polar surface area (TPSA) is 86.5 Å². The van der Waals surface area contributed by atoms with Crippen LogP contribution in [-0.4, -0.2) is 18.0 Å². The minimum absolute atomic E-state index is 0.178. The molecule has 0 aromatic carbocycles. The Morgan fingerprint density at radius 2 is 2.40 bits per heavy atom. The van der Waals surface area contributed by atoms with Crippen molar-refractivity contribution in [2.24, 2.45) is 5.73 Å². The molecule has 3 rings (SSSR count). The molecule has 1 aromatic rings. The van der Waals surface area contributed by atoms with Crippen molar-refractivity contribution in [2.45, 2.75) is 12.8 Å². The Morgan fingerprint density at radius 1 is 1.60 bits per heavy atom. The van der Waals surface area contributed by atoms with E-state index in [-0.39, 0.29) is 10.7 Å². The molecular formula is C13H12ClN3O3. The van der Waals surface area contributed by atoms with Gasteiger partial charge in [0.1, 0.15) is 17.2 Å². The van der Waals surface area contributed by atoms with Gasteiger partial charge >= 0.3 is 0 Å². The molecule has 2 heterocycles. The van der Waals surface area contributed by atoms with E-state index in [9.17, 15) is 4.79 Å². The van der Waals surface area contributed by atoms with Crippen molar-refractivity contribution in [3.05, 3.63) is 40.2 Å². The number of anilines is 1. The van der Waals surface area contributed by atoms with E-state index in [0.29, 0.717) is 35.1 Å². The van der Waals surface area contributed by atoms with Crippen LogP contribution < -0.4 is 15.8 Å². The van der Waals surface area contributed by atoms with Gasteiger partial charge in [0, 0.05) is 12.6 Å². The number of primary amides is 1. The minimum atomic E-state index is -0.607. The van der Waals surface area contributed by atoms with Gasteiger partial charge in [-0.1, -0.05) is 11.6 Å². The van der Waals surface area contributed by atoms with E-state index in [1.54, 1.807) is 7.11 Å². The van der Waals surface area contributed by atoms with Crippen LogP contribution in [0.15, 0.2) is 29.5 Å². The van der Waals surface area contributed by atoms with Crippen molar-refractivity contribution in [3.8, 4) is 5.75 Å². The monoisotopic (exact) mass is 293 g/mol. The second-order valence-electron chi connectivity index (χ2n) is 4.37. The number of rotatable bonds is 2. The van der Waals surface area contributed by atoms with Crippen molar-refractivity contribution in [2.75, 3.05) is 12.4 Å². The van der Waals surface area contributed by atoms with E-state index < -0.39 is 5.91 Å². The molecule has 1 amide bonds. The molecule has 3 N–H and O–H groups in total. The molecule has 0 radical (unpaired) electrons. The Hall–Kier alpha value is -2.21. The van der Waals surface area contributed by atoms with E-state index in [1.807, 2.05) is 6.08 Å². The quantitative estimate of drug-likeness (QED) is 0.816. The van der Waals surface area contributed by atoms with E-state index in [2.05, 4.69) is 10.3 Å². The Morgan fingerprint density at radius 3 is 3.10 bits per heavy atom. The van der Waals surface area contributed by atoms with Crippen molar-refractivity contribution in [1.82, 2.24) is 4.98 Å². The lowest BCUT2D eigenvalue weighted by Gasteiger charge is -2.29. The number of hydrogen-bond donors (Lipinski definition) is 2. The van der Waals surface area contributed by atoms with Crippen molar-refractivity contribution in [3.63, 3.8) is 0 Å². The number of pyridine rings is 1. The number of carbonyl (C=O) groups is 1. The maximum atomic E-state index is 11.5. The van der Waals surface area contributed by atoms with Crippen molar-refractivity contribution < 1.29 is 14.3 Å². The molecule has 0 unspecified atom stereocenters. The van der Waals surface area contributed by atoms with Gasteiger partial charge in [-0.25, -0.2) is 4.98 Å². The van der Waals surface area contributed by atoms with Gasteiger partial charge in [0.25, 0.3) is 5.91 Å². The number of aromatic nitrogens is 1. The molecule has 6 nitrogen and oxygen atoms in total. The van der Waals surface area contributed by atoms with Crippen molar-refractivity contribution in [1.29, 1.82) is 0 Å². The predicted octanol–water partition coefficient (Wildman–Crippen LogP) is 2.17. The maximum Gasteiger partial charge on any atom is 0.252 e. The van der Waals surface area contributed by atoms with Crippen LogP contribution in [0.25, 0.3) is 0 Å². The van der Waals surface area contributed by atoms with Gasteiger partial charge in [0.2, 0.25) is 0 Å². The second kappa shape index (κ2) is 4.72. The molecule has 7 heteroatoms. The third-order valence-electron chi connectivity index (χ3n) is 3.18. The standard InChI is InChI=1S/C13H12ClN3O3/c1-19-7-3-2-4-8-10(7)17-9-6(13(15)18)5-16-12(14)11(9)20-8/h3,5,17H,2,4H2,1H3,(H2,15,18). The van der Waals surface area contributed by atoms with Gasteiger partial charge in [-0.15, -0.1) is 0 Å². The number of methoxy groups -OCH3 is 1. The van der Waals surface area contributed by atoms with Crippen LogP contribution in [0.2, 0.25) is 5.15 Å². The molecule has 0 bridgehead atoms. The molecule has 0 saturated heterocycles. The van der Waals surface area contributed by atoms with E-state index in [4.69, 9.17) is 26.8 Å². The predicted molar refractivity (Wildman–Crippen MR) is 73.4 cm³/mol. The average molecular weight is 294 g/mol. The summed E-state index contributed by atoms with van der Waals surface area (Å²) in [4.78, 5) is 15.4. The zero-order valence-corrected chi connectivity index (χ0v) is 11.5. The summed E-state index contributed by atoms with van der Waals surface area (Å²) in [6.45, 7) is 0. The first-order chi connectivity index (χ1) is 9.61. The molecule has 1 aliphatic carbocycles. The molecule has 0 spiro atoms. The van der Waals surface area contributed by atoms with Crippen molar-refractivity contribution >= 4 is 23.2 Å². The first kappa shape index (κ1) is 12.8. The largest absolute Gasteiger partial charge is 0.495 e. The Balaban J connectivity index is 2.12. The summed E-state index contributed by atoms with van der Waals surface area (Å²) in [5.41, 5.74) is 6.67. The van der Waals surface area contributed by atoms with Crippen LogP contribution in [-0.2, 0) is 4.74 Å².